The van der Waals surface area contributed by atoms with Crippen LogP contribution in [0.4, 0.5) is 0 Å². The molecule has 18 heavy (non-hydrogen) atoms. The standard InChI is InChI=1S/C11H16N6O/c1-7-4-5-13-10-14-8(16-17(7)10)9(18)15-11(2,3)6-12/h4-5H,6,12H2,1-3H3,(H,15,18). The van der Waals surface area contributed by atoms with Crippen LogP contribution in [0.25, 0.3) is 5.78 Å². The lowest BCUT2D eigenvalue weighted by Gasteiger charge is -2.23. The van der Waals surface area contributed by atoms with Gasteiger partial charge in [0.2, 0.25) is 5.82 Å². The minimum absolute atomic E-state index is 0.0957. The van der Waals surface area contributed by atoms with Gasteiger partial charge in [-0.15, -0.1) is 5.10 Å². The molecule has 0 fully saturated rings. The summed E-state index contributed by atoms with van der Waals surface area (Å²) >= 11 is 0. The predicted molar refractivity (Wildman–Crippen MR) is 66.1 cm³/mol. The summed E-state index contributed by atoms with van der Waals surface area (Å²) in [5.41, 5.74) is 5.94. The number of carbonyl (C=O) groups excluding carboxylic acids is 1. The molecule has 0 aliphatic rings. The monoisotopic (exact) mass is 248 g/mol. The number of aromatic nitrogens is 4. The van der Waals surface area contributed by atoms with Crippen LogP contribution in [0.5, 0.6) is 0 Å². The van der Waals surface area contributed by atoms with E-state index in [1.54, 1.807) is 12.3 Å². The van der Waals surface area contributed by atoms with Gasteiger partial charge >= 0.3 is 0 Å². The zero-order valence-electron chi connectivity index (χ0n) is 10.6. The third kappa shape index (κ3) is 2.30. The molecule has 0 aliphatic heterocycles. The van der Waals surface area contributed by atoms with Crippen molar-refractivity contribution in [3.05, 3.63) is 23.8 Å². The maximum atomic E-state index is 12.0. The molecule has 0 spiro atoms. The molecule has 2 aromatic rings. The number of nitrogens with two attached hydrogens (primary N) is 1. The maximum Gasteiger partial charge on any atom is 0.291 e. The quantitative estimate of drug-likeness (QED) is 0.790. The van der Waals surface area contributed by atoms with E-state index >= 15 is 0 Å². The smallest absolute Gasteiger partial charge is 0.291 e. The van der Waals surface area contributed by atoms with Crippen molar-refractivity contribution in [1.82, 2.24) is 24.9 Å². The van der Waals surface area contributed by atoms with Crippen LogP contribution in [0.2, 0.25) is 0 Å². The summed E-state index contributed by atoms with van der Waals surface area (Å²) in [7, 11) is 0. The lowest BCUT2D eigenvalue weighted by atomic mass is 10.1. The van der Waals surface area contributed by atoms with Gasteiger partial charge in [0.1, 0.15) is 0 Å². The third-order valence-corrected chi connectivity index (χ3v) is 2.60. The van der Waals surface area contributed by atoms with E-state index in [9.17, 15) is 4.79 Å². The van der Waals surface area contributed by atoms with Gasteiger partial charge in [-0.1, -0.05) is 0 Å². The van der Waals surface area contributed by atoms with Crippen molar-refractivity contribution in [3.63, 3.8) is 0 Å². The van der Waals surface area contributed by atoms with Crippen LogP contribution in [0.1, 0.15) is 30.2 Å². The zero-order chi connectivity index (χ0) is 13.3. The van der Waals surface area contributed by atoms with Crippen molar-refractivity contribution in [3.8, 4) is 0 Å². The van der Waals surface area contributed by atoms with Crippen molar-refractivity contribution in [1.29, 1.82) is 0 Å². The SMILES string of the molecule is Cc1ccnc2nc(C(=O)NC(C)(C)CN)nn12. The normalized spacial score (nSPS) is 11.8. The number of nitrogens with zero attached hydrogens (tertiary/aromatic N) is 4. The van der Waals surface area contributed by atoms with Crippen LogP contribution in [-0.4, -0.2) is 37.6 Å². The highest BCUT2D eigenvalue weighted by Crippen LogP contribution is 2.04. The van der Waals surface area contributed by atoms with E-state index in [0.717, 1.165) is 5.69 Å². The second-order valence-electron chi connectivity index (χ2n) is 4.78. The number of nitrogens with one attached hydrogen (secondary N) is 1. The molecule has 2 rings (SSSR count). The first kappa shape index (κ1) is 12.4. The number of hydrogen-bond donors (Lipinski definition) is 2. The first-order valence-corrected chi connectivity index (χ1v) is 5.64. The fourth-order valence-corrected chi connectivity index (χ4v) is 1.42. The molecule has 0 atom stereocenters. The molecule has 3 N–H and O–H groups in total. The first-order valence-electron chi connectivity index (χ1n) is 5.64. The molecule has 0 aliphatic carbocycles. The van der Waals surface area contributed by atoms with E-state index in [1.807, 2.05) is 20.8 Å². The zero-order valence-corrected chi connectivity index (χ0v) is 10.6. The first-order chi connectivity index (χ1) is 8.43. The summed E-state index contributed by atoms with van der Waals surface area (Å²) in [5.74, 6) is 0.152. The number of rotatable bonds is 3. The summed E-state index contributed by atoms with van der Waals surface area (Å²) < 4.78 is 1.53. The van der Waals surface area contributed by atoms with Crippen LogP contribution in [0, 0.1) is 6.92 Å². The number of fused-ring (bicyclic) bond motifs is 1. The molecule has 2 heterocycles. The minimum Gasteiger partial charge on any atom is -0.343 e. The molecule has 96 valence electrons. The highest BCUT2D eigenvalue weighted by atomic mass is 16.2. The highest BCUT2D eigenvalue weighted by Gasteiger charge is 2.22. The summed E-state index contributed by atoms with van der Waals surface area (Å²) in [6, 6.07) is 1.80. The Kier molecular flexibility index (Phi) is 3.00. The second kappa shape index (κ2) is 4.34. The Hall–Kier alpha value is -2.02. The topological polar surface area (TPSA) is 98.2 Å². The van der Waals surface area contributed by atoms with Gasteiger partial charge in [-0.2, -0.15) is 4.98 Å². The molecule has 1 amide bonds. The van der Waals surface area contributed by atoms with Crippen LogP contribution < -0.4 is 11.1 Å². The Balaban J connectivity index is 2.32. The molecular weight excluding hydrogens is 232 g/mol. The van der Waals surface area contributed by atoms with Crippen LogP contribution >= 0.6 is 0 Å². The average molecular weight is 248 g/mol. The van der Waals surface area contributed by atoms with Gasteiger partial charge in [-0.25, -0.2) is 9.50 Å². The van der Waals surface area contributed by atoms with E-state index < -0.39 is 5.54 Å². The van der Waals surface area contributed by atoms with Gasteiger partial charge in [0.25, 0.3) is 11.7 Å². The van der Waals surface area contributed by atoms with Gasteiger partial charge in [0, 0.05) is 24.0 Å². The third-order valence-electron chi connectivity index (χ3n) is 2.60. The fraction of sp³-hybridized carbons (Fsp3) is 0.455. The predicted octanol–water partition coefficient (Wildman–Crippen LogP) is -0.100. The molecule has 7 nitrogen and oxygen atoms in total. The molecule has 0 unspecified atom stereocenters. The molecule has 2 aromatic heterocycles. The Labute approximate surface area is 104 Å². The number of hydrogen-bond acceptors (Lipinski definition) is 5. The van der Waals surface area contributed by atoms with Crippen molar-refractivity contribution in [2.24, 2.45) is 5.73 Å². The van der Waals surface area contributed by atoms with Gasteiger partial charge < -0.3 is 11.1 Å². The van der Waals surface area contributed by atoms with E-state index in [0.29, 0.717) is 12.3 Å². The van der Waals surface area contributed by atoms with E-state index in [2.05, 4.69) is 20.4 Å². The molecule has 0 aromatic carbocycles. The maximum absolute atomic E-state index is 12.0. The average Bonchev–Trinajstić information content (AvgIpc) is 2.74. The van der Waals surface area contributed by atoms with E-state index in [1.165, 1.54) is 4.52 Å². The summed E-state index contributed by atoms with van der Waals surface area (Å²) in [5, 5.41) is 6.89. The number of aryl methyl sites for hydroxylation is 1. The Morgan fingerprint density at radius 2 is 2.28 bits per heavy atom. The summed E-state index contributed by atoms with van der Waals surface area (Å²) in [6.07, 6.45) is 1.63. The fourth-order valence-electron chi connectivity index (χ4n) is 1.42. The second-order valence-corrected chi connectivity index (χ2v) is 4.78. The molecule has 7 heteroatoms. The van der Waals surface area contributed by atoms with Gasteiger partial charge in [-0.05, 0) is 26.8 Å². The lowest BCUT2D eigenvalue weighted by Crippen LogP contribution is -2.49. The number of amides is 1. The van der Waals surface area contributed by atoms with Crippen LogP contribution in [-0.2, 0) is 0 Å². The van der Waals surface area contributed by atoms with E-state index in [-0.39, 0.29) is 11.7 Å². The van der Waals surface area contributed by atoms with Crippen molar-refractivity contribution >= 4 is 11.7 Å². The van der Waals surface area contributed by atoms with Gasteiger partial charge in [0.05, 0.1) is 0 Å². The van der Waals surface area contributed by atoms with Crippen molar-refractivity contribution in [2.75, 3.05) is 6.54 Å². The molecular formula is C11H16N6O. The van der Waals surface area contributed by atoms with Gasteiger partial charge in [0.15, 0.2) is 0 Å². The molecule has 0 radical (unpaired) electrons. The number of carbonyl (C=O) groups is 1. The Morgan fingerprint density at radius 3 is 2.89 bits per heavy atom. The summed E-state index contributed by atoms with van der Waals surface area (Å²) in [6.45, 7) is 5.88. The van der Waals surface area contributed by atoms with Crippen LogP contribution in [0.3, 0.4) is 0 Å². The molecule has 0 bridgehead atoms. The lowest BCUT2D eigenvalue weighted by molar-refractivity contribution is 0.0905. The molecule has 0 saturated heterocycles. The van der Waals surface area contributed by atoms with Crippen molar-refractivity contribution < 1.29 is 4.79 Å². The van der Waals surface area contributed by atoms with Crippen molar-refractivity contribution in [2.45, 2.75) is 26.3 Å². The minimum atomic E-state index is -0.489. The summed E-state index contributed by atoms with van der Waals surface area (Å²) in [4.78, 5) is 20.1. The largest absolute Gasteiger partial charge is 0.343 e. The van der Waals surface area contributed by atoms with E-state index in [4.69, 9.17) is 5.73 Å². The Morgan fingerprint density at radius 1 is 1.56 bits per heavy atom. The highest BCUT2D eigenvalue weighted by molar-refractivity contribution is 5.91. The Bertz CT molecular complexity index is 588. The van der Waals surface area contributed by atoms with Gasteiger partial charge in [-0.3, -0.25) is 4.79 Å². The molecule has 0 saturated carbocycles. The van der Waals surface area contributed by atoms with Crippen LogP contribution in [0.15, 0.2) is 12.3 Å².